The monoisotopic (exact) mass is 226 g/mol. The van der Waals surface area contributed by atoms with E-state index in [4.69, 9.17) is 4.42 Å². The predicted octanol–water partition coefficient (Wildman–Crippen LogP) is 2.29. The lowest BCUT2D eigenvalue weighted by atomic mass is 10.4. The summed E-state index contributed by atoms with van der Waals surface area (Å²) in [6, 6.07) is 5.68. The molecule has 2 heterocycles. The van der Waals surface area contributed by atoms with Crippen molar-refractivity contribution in [2.75, 3.05) is 0 Å². The van der Waals surface area contributed by atoms with Gasteiger partial charge in [-0.1, -0.05) is 0 Å². The van der Waals surface area contributed by atoms with Gasteiger partial charge in [0.2, 0.25) is 0 Å². The fraction of sp³-hybridized carbons (Fsp3) is 0.125. The van der Waals surface area contributed by atoms with E-state index >= 15 is 0 Å². The summed E-state index contributed by atoms with van der Waals surface area (Å²) in [4.78, 5) is 0. The summed E-state index contributed by atoms with van der Waals surface area (Å²) >= 11 is 3.24. The van der Waals surface area contributed by atoms with Gasteiger partial charge < -0.3 is 4.42 Å². The van der Waals surface area contributed by atoms with Gasteiger partial charge in [0.25, 0.3) is 0 Å². The van der Waals surface area contributed by atoms with Gasteiger partial charge in [0.1, 0.15) is 5.76 Å². The first-order valence-electron chi connectivity index (χ1n) is 3.56. The third kappa shape index (κ3) is 1.58. The Bertz CT molecular complexity index is 353. The number of furan rings is 1. The molecule has 2 rings (SSSR count). The molecule has 0 aliphatic heterocycles. The van der Waals surface area contributed by atoms with E-state index in [1.54, 1.807) is 6.20 Å². The van der Waals surface area contributed by atoms with Gasteiger partial charge in [-0.15, -0.1) is 0 Å². The van der Waals surface area contributed by atoms with Gasteiger partial charge in [0.15, 0.2) is 4.67 Å². The van der Waals surface area contributed by atoms with Gasteiger partial charge in [-0.3, -0.25) is 4.68 Å². The Morgan fingerprint density at radius 1 is 1.50 bits per heavy atom. The highest BCUT2D eigenvalue weighted by Crippen LogP contribution is 2.14. The number of hydrogen-bond acceptors (Lipinski definition) is 2. The van der Waals surface area contributed by atoms with E-state index < -0.39 is 0 Å². The third-order valence-corrected chi connectivity index (χ3v) is 1.93. The van der Waals surface area contributed by atoms with E-state index in [9.17, 15) is 0 Å². The topological polar surface area (TPSA) is 31.0 Å². The van der Waals surface area contributed by atoms with E-state index in [1.165, 1.54) is 0 Å². The van der Waals surface area contributed by atoms with Crippen LogP contribution in [0.3, 0.4) is 0 Å². The highest BCUT2D eigenvalue weighted by Gasteiger charge is 1.99. The molecule has 0 spiro atoms. The van der Waals surface area contributed by atoms with Crippen LogP contribution < -0.4 is 0 Å². The Morgan fingerprint density at radius 2 is 2.42 bits per heavy atom. The molecule has 2 aromatic heterocycles. The Morgan fingerprint density at radius 3 is 3.00 bits per heavy atom. The highest BCUT2D eigenvalue weighted by atomic mass is 79.9. The second kappa shape index (κ2) is 3.15. The van der Waals surface area contributed by atoms with E-state index in [2.05, 4.69) is 21.0 Å². The zero-order valence-electron chi connectivity index (χ0n) is 6.27. The number of hydrogen-bond donors (Lipinski definition) is 0. The van der Waals surface area contributed by atoms with E-state index in [1.807, 2.05) is 29.1 Å². The average Bonchev–Trinajstić information content (AvgIpc) is 2.63. The lowest BCUT2D eigenvalue weighted by Gasteiger charge is -1.95. The molecule has 3 nitrogen and oxygen atoms in total. The molecule has 0 atom stereocenters. The van der Waals surface area contributed by atoms with Crippen LogP contribution >= 0.6 is 15.9 Å². The van der Waals surface area contributed by atoms with E-state index in [0.29, 0.717) is 6.54 Å². The quantitative estimate of drug-likeness (QED) is 0.787. The van der Waals surface area contributed by atoms with Crippen LogP contribution in [0.15, 0.2) is 39.7 Å². The number of aromatic nitrogens is 2. The van der Waals surface area contributed by atoms with Crippen LogP contribution in [0.25, 0.3) is 0 Å². The van der Waals surface area contributed by atoms with Gasteiger partial charge >= 0.3 is 0 Å². The summed E-state index contributed by atoms with van der Waals surface area (Å²) in [5.41, 5.74) is 0. The molecule has 0 unspecified atom stereocenters. The van der Waals surface area contributed by atoms with E-state index in [0.717, 1.165) is 10.4 Å². The zero-order valence-corrected chi connectivity index (χ0v) is 7.86. The summed E-state index contributed by atoms with van der Waals surface area (Å²) in [5, 5.41) is 4.06. The summed E-state index contributed by atoms with van der Waals surface area (Å²) in [6.07, 6.45) is 3.65. The number of nitrogens with zero attached hydrogens (tertiary/aromatic N) is 2. The predicted molar refractivity (Wildman–Crippen MR) is 47.7 cm³/mol. The van der Waals surface area contributed by atoms with Gasteiger partial charge in [0.05, 0.1) is 6.54 Å². The second-order valence-electron chi connectivity index (χ2n) is 2.41. The summed E-state index contributed by atoms with van der Waals surface area (Å²) in [7, 11) is 0. The fourth-order valence-corrected chi connectivity index (χ4v) is 1.33. The Kier molecular flexibility index (Phi) is 1.99. The molecule has 0 bridgehead atoms. The molecule has 0 aromatic carbocycles. The van der Waals surface area contributed by atoms with Crippen molar-refractivity contribution in [2.45, 2.75) is 6.54 Å². The van der Waals surface area contributed by atoms with Crippen LogP contribution in [0.2, 0.25) is 0 Å². The van der Waals surface area contributed by atoms with Crippen molar-refractivity contribution in [1.82, 2.24) is 9.78 Å². The van der Waals surface area contributed by atoms with Crippen molar-refractivity contribution >= 4 is 15.9 Å². The lowest BCUT2D eigenvalue weighted by molar-refractivity contribution is 0.462. The van der Waals surface area contributed by atoms with Crippen molar-refractivity contribution in [3.8, 4) is 0 Å². The number of rotatable bonds is 2. The van der Waals surface area contributed by atoms with Crippen LogP contribution in [0.5, 0.6) is 0 Å². The van der Waals surface area contributed by atoms with Crippen LogP contribution in [-0.2, 0) is 6.54 Å². The molecule has 62 valence electrons. The highest BCUT2D eigenvalue weighted by molar-refractivity contribution is 9.10. The molecule has 0 aliphatic rings. The molecule has 4 heteroatoms. The van der Waals surface area contributed by atoms with Crippen molar-refractivity contribution in [2.24, 2.45) is 0 Å². The Hall–Kier alpha value is -1.03. The van der Waals surface area contributed by atoms with Gasteiger partial charge in [-0.2, -0.15) is 5.10 Å². The smallest absolute Gasteiger partial charge is 0.169 e. The van der Waals surface area contributed by atoms with Gasteiger partial charge in [-0.05, 0) is 34.1 Å². The minimum absolute atomic E-state index is 0.679. The summed E-state index contributed by atoms with van der Waals surface area (Å²) < 4.78 is 7.88. The lowest BCUT2D eigenvalue weighted by Crippen LogP contribution is -1.97. The SMILES string of the molecule is Brc1ccc(Cn2cccn2)o1. The maximum absolute atomic E-state index is 5.31. The molecule has 2 aromatic rings. The largest absolute Gasteiger partial charge is 0.452 e. The van der Waals surface area contributed by atoms with Gasteiger partial charge in [0, 0.05) is 12.4 Å². The maximum Gasteiger partial charge on any atom is 0.169 e. The minimum atomic E-state index is 0.679. The van der Waals surface area contributed by atoms with Gasteiger partial charge in [-0.25, -0.2) is 0 Å². The molecule has 0 amide bonds. The number of halogens is 1. The molecule has 0 aliphatic carbocycles. The standard InChI is InChI=1S/C8H7BrN2O/c9-8-3-2-7(12-8)6-11-5-1-4-10-11/h1-5H,6H2. The molecule has 0 fully saturated rings. The van der Waals surface area contributed by atoms with E-state index in [-0.39, 0.29) is 0 Å². The van der Waals surface area contributed by atoms with Crippen LogP contribution in [0.1, 0.15) is 5.76 Å². The maximum atomic E-state index is 5.31. The van der Waals surface area contributed by atoms with Crippen molar-refractivity contribution in [1.29, 1.82) is 0 Å². The molecular weight excluding hydrogens is 220 g/mol. The second-order valence-corrected chi connectivity index (χ2v) is 3.19. The first-order valence-corrected chi connectivity index (χ1v) is 4.35. The molecule has 0 N–H and O–H groups in total. The van der Waals surface area contributed by atoms with Crippen LogP contribution in [0.4, 0.5) is 0 Å². The zero-order chi connectivity index (χ0) is 8.39. The fourth-order valence-electron chi connectivity index (χ4n) is 0.990. The average molecular weight is 227 g/mol. The van der Waals surface area contributed by atoms with Crippen LogP contribution in [0, 0.1) is 0 Å². The summed E-state index contributed by atoms with van der Waals surface area (Å²) in [5.74, 6) is 0.894. The molecule has 0 saturated carbocycles. The first kappa shape index (κ1) is 7.61. The summed E-state index contributed by atoms with van der Waals surface area (Å²) in [6.45, 7) is 0.679. The molecule has 0 saturated heterocycles. The molecule has 0 radical (unpaired) electrons. The Balaban J connectivity index is 2.14. The first-order chi connectivity index (χ1) is 5.84. The van der Waals surface area contributed by atoms with Crippen molar-refractivity contribution < 1.29 is 4.42 Å². The minimum Gasteiger partial charge on any atom is -0.452 e. The normalized spacial score (nSPS) is 10.4. The third-order valence-electron chi connectivity index (χ3n) is 1.51. The van der Waals surface area contributed by atoms with Crippen LogP contribution in [-0.4, -0.2) is 9.78 Å². The molecule has 12 heavy (non-hydrogen) atoms. The van der Waals surface area contributed by atoms with Crippen molar-refractivity contribution in [3.05, 3.63) is 41.0 Å². The van der Waals surface area contributed by atoms with Crippen molar-refractivity contribution in [3.63, 3.8) is 0 Å². The molecular formula is C8H7BrN2O. The Labute approximate surface area is 78.1 Å².